The molecule has 0 aromatic carbocycles. The Bertz CT molecular complexity index is 457. The van der Waals surface area contributed by atoms with Crippen LogP contribution in [-0.2, 0) is 11.0 Å². The van der Waals surface area contributed by atoms with E-state index >= 15 is 0 Å². The third-order valence-corrected chi connectivity index (χ3v) is 4.62. The maximum absolute atomic E-state index is 6.56. The average Bonchev–Trinajstić information content (AvgIpc) is 2.77. The lowest BCUT2D eigenvalue weighted by Gasteiger charge is -2.40. The molecule has 1 aromatic rings. The lowest BCUT2D eigenvalue weighted by Crippen LogP contribution is -2.43. The lowest BCUT2D eigenvalue weighted by atomic mass is 9.67. The van der Waals surface area contributed by atoms with E-state index in [4.69, 9.17) is 10.3 Å². The van der Waals surface area contributed by atoms with Crippen LogP contribution in [0.25, 0.3) is 0 Å². The number of rotatable bonds is 1. The predicted octanol–water partition coefficient (Wildman–Crippen LogP) is 3.76. The van der Waals surface area contributed by atoms with Crippen molar-refractivity contribution in [2.45, 2.75) is 78.2 Å². The fourth-order valence-electron chi connectivity index (χ4n) is 2.95. The van der Waals surface area contributed by atoms with Crippen molar-refractivity contribution in [3.05, 3.63) is 11.7 Å². The van der Waals surface area contributed by atoms with Gasteiger partial charge in [0.25, 0.3) is 0 Å². The summed E-state index contributed by atoms with van der Waals surface area (Å²) < 4.78 is 5.40. The number of nitrogens with two attached hydrogens (primary N) is 1. The molecule has 4 heteroatoms. The summed E-state index contributed by atoms with van der Waals surface area (Å²) in [7, 11) is 0. The van der Waals surface area contributed by atoms with Crippen molar-refractivity contribution in [2.75, 3.05) is 0 Å². The Labute approximate surface area is 122 Å². The predicted molar refractivity (Wildman–Crippen MR) is 80.3 cm³/mol. The maximum Gasteiger partial charge on any atom is 0.232 e. The molecule has 1 saturated carbocycles. The third-order valence-electron chi connectivity index (χ3n) is 4.62. The molecule has 1 aromatic heterocycles. The smallest absolute Gasteiger partial charge is 0.232 e. The minimum Gasteiger partial charge on any atom is -0.339 e. The van der Waals surface area contributed by atoms with E-state index in [-0.39, 0.29) is 5.41 Å². The molecule has 20 heavy (non-hydrogen) atoms. The van der Waals surface area contributed by atoms with Gasteiger partial charge in [0, 0.05) is 5.41 Å². The van der Waals surface area contributed by atoms with Crippen molar-refractivity contribution in [3.8, 4) is 0 Å². The van der Waals surface area contributed by atoms with E-state index in [9.17, 15) is 0 Å². The van der Waals surface area contributed by atoms with Crippen LogP contribution in [0.15, 0.2) is 4.52 Å². The second-order valence-electron chi connectivity index (χ2n) is 8.47. The van der Waals surface area contributed by atoms with Crippen LogP contribution in [0.1, 0.15) is 78.9 Å². The van der Waals surface area contributed by atoms with Gasteiger partial charge < -0.3 is 10.3 Å². The van der Waals surface area contributed by atoms with E-state index in [0.717, 1.165) is 31.6 Å². The monoisotopic (exact) mass is 279 g/mol. The average molecular weight is 279 g/mol. The van der Waals surface area contributed by atoms with Crippen molar-refractivity contribution in [3.63, 3.8) is 0 Å². The minimum atomic E-state index is -0.408. The Kier molecular flexibility index (Phi) is 3.74. The van der Waals surface area contributed by atoms with Crippen molar-refractivity contribution >= 4 is 0 Å². The Morgan fingerprint density at radius 2 is 1.65 bits per heavy atom. The highest BCUT2D eigenvalue weighted by Gasteiger charge is 2.40. The van der Waals surface area contributed by atoms with Gasteiger partial charge in [-0.1, -0.05) is 46.7 Å². The Hall–Kier alpha value is -0.900. The second kappa shape index (κ2) is 4.83. The Balaban J connectivity index is 2.12. The van der Waals surface area contributed by atoms with Crippen LogP contribution in [-0.4, -0.2) is 10.1 Å². The van der Waals surface area contributed by atoms with Gasteiger partial charge in [0.2, 0.25) is 5.89 Å². The molecule has 0 unspecified atom stereocenters. The first-order valence-electron chi connectivity index (χ1n) is 7.66. The molecule has 1 heterocycles. The van der Waals surface area contributed by atoms with Crippen molar-refractivity contribution in [2.24, 2.45) is 17.1 Å². The lowest BCUT2D eigenvalue weighted by molar-refractivity contribution is 0.128. The topological polar surface area (TPSA) is 64.9 Å². The van der Waals surface area contributed by atoms with Gasteiger partial charge in [0.05, 0.1) is 5.54 Å². The molecule has 0 radical (unpaired) electrons. The standard InChI is InChI=1S/C16H29N3O/c1-14(2,3)11-7-9-16(17,10-8-11)12-18-13(20-19-12)15(4,5)6/h11H,7-10,17H2,1-6H3. The SMILES string of the molecule is CC(C)(C)c1nc(C2(N)CCC(C(C)(C)C)CC2)no1. The minimum absolute atomic E-state index is 0.121. The first kappa shape index (κ1) is 15.5. The first-order valence-corrected chi connectivity index (χ1v) is 7.66. The van der Waals surface area contributed by atoms with Crippen LogP contribution < -0.4 is 5.73 Å². The van der Waals surface area contributed by atoms with Gasteiger partial charge >= 0.3 is 0 Å². The summed E-state index contributed by atoms with van der Waals surface area (Å²) in [5, 5.41) is 4.15. The third kappa shape index (κ3) is 3.05. The molecule has 0 saturated heterocycles. The van der Waals surface area contributed by atoms with Crippen molar-refractivity contribution in [1.29, 1.82) is 0 Å². The fraction of sp³-hybridized carbons (Fsp3) is 0.875. The summed E-state index contributed by atoms with van der Waals surface area (Å²) in [4.78, 5) is 4.56. The summed E-state index contributed by atoms with van der Waals surface area (Å²) in [6.45, 7) is 13.2. The van der Waals surface area contributed by atoms with Gasteiger partial charge in [-0.15, -0.1) is 0 Å². The fourth-order valence-corrected chi connectivity index (χ4v) is 2.95. The molecule has 2 N–H and O–H groups in total. The van der Waals surface area contributed by atoms with Crippen LogP contribution >= 0.6 is 0 Å². The summed E-state index contributed by atoms with van der Waals surface area (Å²) in [6.07, 6.45) is 4.16. The molecule has 1 aliphatic carbocycles. The van der Waals surface area contributed by atoms with E-state index < -0.39 is 5.54 Å². The quantitative estimate of drug-likeness (QED) is 0.850. The highest BCUT2D eigenvalue weighted by molar-refractivity contribution is 5.09. The zero-order valence-corrected chi connectivity index (χ0v) is 13.8. The molecular formula is C16H29N3O. The number of hydrogen-bond acceptors (Lipinski definition) is 4. The van der Waals surface area contributed by atoms with E-state index in [1.54, 1.807) is 0 Å². The molecular weight excluding hydrogens is 250 g/mol. The second-order valence-corrected chi connectivity index (χ2v) is 8.47. The molecule has 1 fully saturated rings. The van der Waals surface area contributed by atoms with Crippen molar-refractivity contribution < 1.29 is 4.52 Å². The van der Waals surface area contributed by atoms with Gasteiger partial charge in [0.1, 0.15) is 0 Å². The summed E-state index contributed by atoms with van der Waals surface area (Å²) in [5.74, 6) is 2.10. The van der Waals surface area contributed by atoms with E-state index in [0.29, 0.717) is 17.1 Å². The normalized spacial score (nSPS) is 28.6. The maximum atomic E-state index is 6.56. The van der Waals surface area contributed by atoms with Crippen LogP contribution in [0.3, 0.4) is 0 Å². The molecule has 2 rings (SSSR count). The Morgan fingerprint density at radius 1 is 1.10 bits per heavy atom. The highest BCUT2D eigenvalue weighted by Crippen LogP contribution is 2.43. The van der Waals surface area contributed by atoms with E-state index in [1.807, 2.05) is 0 Å². The highest BCUT2D eigenvalue weighted by atomic mass is 16.5. The Morgan fingerprint density at radius 3 is 2.05 bits per heavy atom. The molecule has 4 nitrogen and oxygen atoms in total. The van der Waals surface area contributed by atoms with Crippen molar-refractivity contribution in [1.82, 2.24) is 10.1 Å². The van der Waals surface area contributed by atoms with Crippen LogP contribution in [0.4, 0.5) is 0 Å². The molecule has 0 bridgehead atoms. The molecule has 1 aliphatic rings. The zero-order chi connectivity index (χ0) is 15.2. The van der Waals surface area contributed by atoms with Gasteiger partial charge in [-0.25, -0.2) is 0 Å². The molecule has 0 aliphatic heterocycles. The molecule has 114 valence electrons. The van der Waals surface area contributed by atoms with E-state index in [2.05, 4.69) is 51.7 Å². The van der Waals surface area contributed by atoms with E-state index in [1.165, 1.54) is 0 Å². The number of aromatic nitrogens is 2. The summed E-state index contributed by atoms with van der Waals surface area (Å²) >= 11 is 0. The molecule has 0 spiro atoms. The molecule has 0 atom stereocenters. The van der Waals surface area contributed by atoms with Crippen LogP contribution in [0.5, 0.6) is 0 Å². The first-order chi connectivity index (χ1) is 9.02. The van der Waals surface area contributed by atoms with Crippen LogP contribution in [0, 0.1) is 11.3 Å². The number of hydrogen-bond donors (Lipinski definition) is 1. The summed E-state index contributed by atoms with van der Waals surface area (Å²) in [6, 6.07) is 0. The summed E-state index contributed by atoms with van der Waals surface area (Å²) in [5.41, 5.74) is 6.38. The van der Waals surface area contributed by atoms with Gasteiger partial charge in [0.15, 0.2) is 5.82 Å². The van der Waals surface area contributed by atoms with Gasteiger partial charge in [-0.05, 0) is 37.0 Å². The van der Waals surface area contributed by atoms with Gasteiger partial charge in [-0.2, -0.15) is 4.98 Å². The number of nitrogens with zero attached hydrogens (tertiary/aromatic N) is 2. The zero-order valence-electron chi connectivity index (χ0n) is 13.8. The molecule has 0 amide bonds. The van der Waals surface area contributed by atoms with Crippen LogP contribution in [0.2, 0.25) is 0 Å². The van der Waals surface area contributed by atoms with Gasteiger partial charge in [-0.3, -0.25) is 0 Å². The largest absolute Gasteiger partial charge is 0.339 e.